The predicted molar refractivity (Wildman–Crippen MR) is 76.3 cm³/mol. The van der Waals surface area contributed by atoms with Gasteiger partial charge in [0, 0.05) is 0 Å². The van der Waals surface area contributed by atoms with Crippen LogP contribution in [0.4, 0.5) is 0 Å². The normalized spacial score (nSPS) is 18.8. The molecule has 0 radical (unpaired) electrons. The molecule has 0 atom stereocenters. The molecule has 0 unspecified atom stereocenters. The maximum Gasteiger partial charge on any atom is 0.0644 e. The minimum absolute atomic E-state index is 0.384. The van der Waals surface area contributed by atoms with E-state index in [-0.39, 0.29) is 5.60 Å². The van der Waals surface area contributed by atoms with Crippen molar-refractivity contribution >= 4 is 0 Å². The summed E-state index contributed by atoms with van der Waals surface area (Å²) in [5.41, 5.74) is -0.384. The number of nitrogens with one attached hydrogen (secondary N) is 1. The highest BCUT2D eigenvalue weighted by molar-refractivity contribution is 4.80. The molecule has 2 N–H and O–H groups in total. The second-order valence-electron chi connectivity index (χ2n) is 5.15. The average molecular weight is 241 g/mol. The van der Waals surface area contributed by atoms with Gasteiger partial charge in [-0.15, -0.1) is 0 Å². The fourth-order valence-electron chi connectivity index (χ4n) is 1.69. The van der Waals surface area contributed by atoms with Gasteiger partial charge in [-0.1, -0.05) is 45.3 Å². The van der Waals surface area contributed by atoms with Gasteiger partial charge in [0.2, 0.25) is 0 Å². The van der Waals surface area contributed by atoms with E-state index in [1.807, 2.05) is 6.92 Å². The third-order valence-electron chi connectivity index (χ3n) is 3.03. The lowest BCUT2D eigenvalue weighted by Gasteiger charge is -2.27. The Hall–Kier alpha value is -0.340. The number of allylic oxidation sites excluding steroid dienone is 2. The van der Waals surface area contributed by atoms with Crippen molar-refractivity contribution < 1.29 is 5.11 Å². The summed E-state index contributed by atoms with van der Waals surface area (Å²) in [5.74, 6) is 0. The summed E-state index contributed by atoms with van der Waals surface area (Å²) in [6.45, 7) is 8.27. The molecule has 0 aromatic carbocycles. The first-order valence-electron chi connectivity index (χ1n) is 7.20. The van der Waals surface area contributed by atoms with Gasteiger partial charge in [0.05, 0.1) is 5.60 Å². The van der Waals surface area contributed by atoms with Gasteiger partial charge in [-0.05, 0) is 45.7 Å². The first kappa shape index (κ1) is 16.7. The van der Waals surface area contributed by atoms with Crippen LogP contribution >= 0.6 is 0 Å². The van der Waals surface area contributed by atoms with Crippen LogP contribution in [0.2, 0.25) is 0 Å². The maximum absolute atomic E-state index is 9.33. The van der Waals surface area contributed by atoms with Gasteiger partial charge in [0.25, 0.3) is 0 Å². The topological polar surface area (TPSA) is 32.3 Å². The summed E-state index contributed by atoms with van der Waals surface area (Å²) in [5, 5.41) is 12.5. The fourth-order valence-corrected chi connectivity index (χ4v) is 1.69. The second-order valence-corrected chi connectivity index (χ2v) is 5.15. The van der Waals surface area contributed by atoms with Gasteiger partial charge in [-0.3, -0.25) is 0 Å². The van der Waals surface area contributed by atoms with Crippen molar-refractivity contribution in [2.24, 2.45) is 0 Å². The first-order chi connectivity index (χ1) is 8.12. The molecule has 2 heteroatoms. The van der Waals surface area contributed by atoms with Crippen molar-refractivity contribution in [1.29, 1.82) is 0 Å². The quantitative estimate of drug-likeness (QED) is 0.569. The Morgan fingerprint density at radius 1 is 1.06 bits per heavy atom. The molecule has 0 bridgehead atoms. The van der Waals surface area contributed by atoms with Gasteiger partial charge in [-0.2, -0.15) is 0 Å². The van der Waals surface area contributed by atoms with Crippen LogP contribution in [0.25, 0.3) is 0 Å². The van der Waals surface area contributed by atoms with Crippen LogP contribution in [-0.2, 0) is 0 Å². The smallest absolute Gasteiger partial charge is 0.0644 e. The minimum Gasteiger partial charge on any atom is -0.390 e. The summed E-state index contributed by atoms with van der Waals surface area (Å²) < 4.78 is 0. The van der Waals surface area contributed by atoms with E-state index in [2.05, 4.69) is 31.3 Å². The van der Waals surface area contributed by atoms with E-state index in [9.17, 15) is 5.11 Å². The van der Waals surface area contributed by atoms with Crippen LogP contribution in [-0.4, -0.2) is 23.8 Å². The molecule has 0 aliphatic carbocycles. The molecule has 1 rings (SSSR count). The molecule has 1 heterocycles. The van der Waals surface area contributed by atoms with E-state index >= 15 is 0 Å². The minimum atomic E-state index is -0.384. The van der Waals surface area contributed by atoms with Crippen molar-refractivity contribution in [2.75, 3.05) is 13.1 Å². The molecular formula is C15H31NO. The zero-order valence-electron chi connectivity index (χ0n) is 12.0. The largest absolute Gasteiger partial charge is 0.390 e. The Balaban J connectivity index is 0.000000302. The monoisotopic (exact) mass is 241 g/mol. The number of unbranched alkanes of at least 4 members (excludes halogenated alkanes) is 3. The Morgan fingerprint density at radius 3 is 2.06 bits per heavy atom. The molecule has 1 aliphatic rings. The highest BCUT2D eigenvalue weighted by atomic mass is 16.3. The van der Waals surface area contributed by atoms with Crippen LogP contribution in [0.3, 0.4) is 0 Å². The van der Waals surface area contributed by atoms with Gasteiger partial charge < -0.3 is 10.4 Å². The van der Waals surface area contributed by atoms with E-state index in [4.69, 9.17) is 0 Å². The molecule has 0 amide bonds. The van der Waals surface area contributed by atoms with Crippen molar-refractivity contribution in [3.05, 3.63) is 12.2 Å². The Morgan fingerprint density at radius 2 is 1.65 bits per heavy atom. The fraction of sp³-hybridized carbons (Fsp3) is 0.867. The molecule has 0 aromatic heterocycles. The molecule has 17 heavy (non-hydrogen) atoms. The van der Waals surface area contributed by atoms with E-state index in [0.29, 0.717) is 0 Å². The Kier molecular flexibility index (Phi) is 10.6. The third-order valence-corrected chi connectivity index (χ3v) is 3.03. The van der Waals surface area contributed by atoms with Crippen molar-refractivity contribution in [1.82, 2.24) is 5.32 Å². The molecule has 102 valence electrons. The predicted octanol–water partition coefficient (Wildman–Crippen LogP) is 3.65. The molecule has 0 saturated carbocycles. The zero-order chi connectivity index (χ0) is 13.0. The van der Waals surface area contributed by atoms with Crippen molar-refractivity contribution in [2.45, 2.75) is 71.3 Å². The second kappa shape index (κ2) is 10.8. The SMILES string of the molecule is CC1(O)CCNCC1.CCC/C=C/CCCC. The summed E-state index contributed by atoms with van der Waals surface area (Å²) in [6, 6.07) is 0. The molecular weight excluding hydrogens is 210 g/mol. The highest BCUT2D eigenvalue weighted by Crippen LogP contribution is 2.15. The van der Waals surface area contributed by atoms with E-state index < -0.39 is 0 Å². The standard InChI is InChI=1S/C9H18.C6H13NO/c1-3-5-7-9-8-6-4-2;1-6(8)2-4-7-5-3-6/h7,9H,3-6,8H2,1-2H3;7-8H,2-5H2,1H3/b9-7+;. The molecule has 1 saturated heterocycles. The summed E-state index contributed by atoms with van der Waals surface area (Å²) >= 11 is 0. The van der Waals surface area contributed by atoms with Gasteiger partial charge in [0.15, 0.2) is 0 Å². The van der Waals surface area contributed by atoms with Gasteiger partial charge in [0.1, 0.15) is 0 Å². The third kappa shape index (κ3) is 11.9. The van der Waals surface area contributed by atoms with E-state index in [1.165, 1.54) is 32.1 Å². The summed E-state index contributed by atoms with van der Waals surface area (Å²) in [4.78, 5) is 0. The highest BCUT2D eigenvalue weighted by Gasteiger charge is 2.21. The number of hydrogen-bond acceptors (Lipinski definition) is 2. The molecule has 2 nitrogen and oxygen atoms in total. The van der Waals surface area contributed by atoms with Crippen LogP contribution < -0.4 is 5.32 Å². The average Bonchev–Trinajstić information content (AvgIpc) is 2.29. The Bertz CT molecular complexity index is 179. The van der Waals surface area contributed by atoms with Crippen LogP contribution in [0, 0.1) is 0 Å². The van der Waals surface area contributed by atoms with Gasteiger partial charge >= 0.3 is 0 Å². The Labute approximate surface area is 108 Å². The molecule has 0 aromatic rings. The summed E-state index contributed by atoms with van der Waals surface area (Å²) in [6.07, 6.45) is 12.8. The maximum atomic E-state index is 9.33. The van der Waals surface area contributed by atoms with Crippen LogP contribution in [0.15, 0.2) is 12.2 Å². The van der Waals surface area contributed by atoms with Gasteiger partial charge in [-0.25, -0.2) is 0 Å². The number of rotatable bonds is 5. The number of aliphatic hydroxyl groups is 1. The first-order valence-corrected chi connectivity index (χ1v) is 7.20. The van der Waals surface area contributed by atoms with E-state index in [0.717, 1.165) is 25.9 Å². The van der Waals surface area contributed by atoms with Crippen molar-refractivity contribution in [3.63, 3.8) is 0 Å². The number of piperidine rings is 1. The lowest BCUT2D eigenvalue weighted by Crippen LogP contribution is -2.39. The lowest BCUT2D eigenvalue weighted by molar-refractivity contribution is 0.0291. The summed E-state index contributed by atoms with van der Waals surface area (Å²) in [7, 11) is 0. The van der Waals surface area contributed by atoms with Crippen LogP contribution in [0.5, 0.6) is 0 Å². The van der Waals surface area contributed by atoms with Crippen LogP contribution in [0.1, 0.15) is 65.7 Å². The lowest BCUT2D eigenvalue weighted by atomic mass is 9.95. The molecule has 1 aliphatic heterocycles. The zero-order valence-corrected chi connectivity index (χ0v) is 12.0. The van der Waals surface area contributed by atoms with Crippen molar-refractivity contribution in [3.8, 4) is 0 Å². The molecule has 1 fully saturated rings. The van der Waals surface area contributed by atoms with E-state index in [1.54, 1.807) is 0 Å². The number of hydrogen-bond donors (Lipinski definition) is 2. The molecule has 0 spiro atoms.